The number of urea groups is 1. The largest absolute Gasteiger partial charge is 0.508 e. The Morgan fingerprint density at radius 3 is 2.71 bits per heavy atom. The standard InChI is InChI=1S/C24H31N3O4/c1-26-21(30)25-20(29)23(26)8-9-24(31)19-12-16-4-5-17(28)6-7-18(16)22(24,14-23)10-11-27(19)13-15-2-3-15/h4-6,15,19,28,31H,2-3,7-14H2,1H3,(H,25,29,30)/t19-,22-,23+,24-/m1/s1. The summed E-state index contributed by atoms with van der Waals surface area (Å²) >= 11 is 0. The van der Waals surface area contributed by atoms with Crippen LogP contribution in [0.1, 0.15) is 51.4 Å². The van der Waals surface area contributed by atoms with Crippen molar-refractivity contribution in [2.24, 2.45) is 11.3 Å². The Morgan fingerprint density at radius 2 is 2.00 bits per heavy atom. The smallest absolute Gasteiger partial charge is 0.324 e. The maximum Gasteiger partial charge on any atom is 0.324 e. The third-order valence-corrected chi connectivity index (χ3v) is 9.29. The maximum absolute atomic E-state index is 13.1. The van der Waals surface area contributed by atoms with Crippen molar-refractivity contribution >= 4 is 11.9 Å². The molecule has 4 fully saturated rings. The van der Waals surface area contributed by atoms with Crippen molar-refractivity contribution in [3.8, 4) is 0 Å². The van der Waals surface area contributed by atoms with Crippen LogP contribution in [0.2, 0.25) is 0 Å². The number of nitrogens with zero attached hydrogens (tertiary/aromatic N) is 2. The molecule has 2 aliphatic heterocycles. The van der Waals surface area contributed by atoms with Gasteiger partial charge in [0.05, 0.1) is 5.60 Å². The minimum Gasteiger partial charge on any atom is -0.508 e. The van der Waals surface area contributed by atoms with Gasteiger partial charge >= 0.3 is 6.03 Å². The van der Waals surface area contributed by atoms with Gasteiger partial charge in [0.2, 0.25) is 0 Å². The molecule has 3 N–H and O–H groups in total. The molecule has 4 aliphatic carbocycles. The van der Waals surface area contributed by atoms with Gasteiger partial charge in [-0.1, -0.05) is 11.6 Å². The molecule has 2 bridgehead atoms. The number of piperidine rings is 1. The number of amides is 3. The monoisotopic (exact) mass is 425 g/mol. The number of carbonyl (C=O) groups is 2. The molecule has 0 radical (unpaired) electrons. The molecule has 6 rings (SSSR count). The summed E-state index contributed by atoms with van der Waals surface area (Å²) in [6.45, 7) is 1.93. The van der Waals surface area contributed by atoms with Gasteiger partial charge in [-0.25, -0.2) is 4.79 Å². The minimum absolute atomic E-state index is 0.00770. The summed E-state index contributed by atoms with van der Waals surface area (Å²) in [4.78, 5) is 29.5. The second-order valence-electron chi connectivity index (χ2n) is 10.6. The quantitative estimate of drug-likeness (QED) is 0.591. The number of imide groups is 1. The third-order valence-electron chi connectivity index (χ3n) is 9.29. The van der Waals surface area contributed by atoms with Crippen LogP contribution in [-0.4, -0.2) is 69.3 Å². The van der Waals surface area contributed by atoms with Gasteiger partial charge in [-0.3, -0.25) is 15.0 Å². The van der Waals surface area contributed by atoms with Crippen LogP contribution in [0.5, 0.6) is 0 Å². The zero-order valence-electron chi connectivity index (χ0n) is 18.1. The average Bonchev–Trinajstić information content (AvgIpc) is 3.54. The molecule has 7 heteroatoms. The normalized spacial score (nSPS) is 42.3. The van der Waals surface area contributed by atoms with E-state index in [1.807, 2.05) is 12.2 Å². The predicted molar refractivity (Wildman–Crippen MR) is 114 cm³/mol. The fourth-order valence-electron chi connectivity index (χ4n) is 7.35. The number of hydrogen-bond acceptors (Lipinski definition) is 5. The SMILES string of the molecule is CN1C(=O)NC(=O)[C@@]12CC[C@@]1(O)[C@H]3CC4=C(CC=C(O)C=C4)[C@@]1(CCN3CC1CC1)C2. The predicted octanol–water partition coefficient (Wildman–Crippen LogP) is 2.39. The molecule has 0 aromatic carbocycles. The molecule has 2 heterocycles. The minimum atomic E-state index is -0.932. The van der Waals surface area contributed by atoms with E-state index in [1.165, 1.54) is 18.4 Å². The van der Waals surface area contributed by atoms with Crippen LogP contribution in [-0.2, 0) is 4.79 Å². The Morgan fingerprint density at radius 1 is 1.19 bits per heavy atom. The van der Waals surface area contributed by atoms with E-state index in [-0.39, 0.29) is 23.7 Å². The van der Waals surface area contributed by atoms with Crippen LogP contribution in [0.15, 0.2) is 35.1 Å². The first kappa shape index (κ1) is 19.6. The Balaban J connectivity index is 1.49. The van der Waals surface area contributed by atoms with E-state index in [9.17, 15) is 19.8 Å². The number of allylic oxidation sites excluding steroid dienone is 3. The van der Waals surface area contributed by atoms with Crippen LogP contribution in [0, 0.1) is 11.3 Å². The van der Waals surface area contributed by atoms with E-state index in [2.05, 4.69) is 10.2 Å². The summed E-state index contributed by atoms with van der Waals surface area (Å²) < 4.78 is 0. The first-order valence-corrected chi connectivity index (χ1v) is 11.6. The molecule has 3 amide bonds. The Kier molecular flexibility index (Phi) is 3.93. The summed E-state index contributed by atoms with van der Waals surface area (Å²) in [6, 6.07) is -0.341. The zero-order chi connectivity index (χ0) is 21.6. The molecule has 2 saturated carbocycles. The molecular formula is C24H31N3O4. The van der Waals surface area contributed by atoms with Gasteiger partial charge in [0.15, 0.2) is 0 Å². The number of rotatable bonds is 2. The number of aliphatic hydroxyl groups is 2. The van der Waals surface area contributed by atoms with Crippen molar-refractivity contribution in [2.45, 2.75) is 68.5 Å². The second-order valence-corrected chi connectivity index (χ2v) is 10.6. The van der Waals surface area contributed by atoms with Crippen LogP contribution in [0.4, 0.5) is 4.79 Å². The third kappa shape index (κ3) is 2.47. The lowest BCUT2D eigenvalue weighted by Gasteiger charge is -2.66. The van der Waals surface area contributed by atoms with Crippen molar-refractivity contribution in [3.63, 3.8) is 0 Å². The molecule has 6 aliphatic rings. The lowest BCUT2D eigenvalue weighted by molar-refractivity contribution is -0.205. The fraction of sp³-hybridized carbons (Fsp3) is 0.667. The number of hydrogen-bond donors (Lipinski definition) is 3. The van der Waals surface area contributed by atoms with E-state index in [4.69, 9.17) is 0 Å². The van der Waals surface area contributed by atoms with E-state index in [0.29, 0.717) is 25.7 Å². The van der Waals surface area contributed by atoms with Crippen LogP contribution in [0.3, 0.4) is 0 Å². The van der Waals surface area contributed by atoms with E-state index < -0.39 is 16.6 Å². The second kappa shape index (κ2) is 6.23. The van der Waals surface area contributed by atoms with Crippen molar-refractivity contribution in [3.05, 3.63) is 35.1 Å². The number of aliphatic hydroxyl groups excluding tert-OH is 1. The van der Waals surface area contributed by atoms with Crippen molar-refractivity contribution < 1.29 is 19.8 Å². The number of nitrogens with one attached hydrogen (secondary N) is 1. The Labute approximate surface area is 182 Å². The molecule has 1 spiro atoms. The van der Waals surface area contributed by atoms with Crippen molar-refractivity contribution in [2.75, 3.05) is 20.1 Å². The fourth-order valence-corrected chi connectivity index (χ4v) is 7.35. The van der Waals surface area contributed by atoms with Crippen LogP contribution >= 0.6 is 0 Å². The highest BCUT2D eigenvalue weighted by Gasteiger charge is 2.70. The molecule has 31 heavy (non-hydrogen) atoms. The Bertz CT molecular complexity index is 966. The summed E-state index contributed by atoms with van der Waals surface area (Å²) in [5.41, 5.74) is -0.0923. The van der Waals surface area contributed by atoms with Gasteiger partial charge in [-0.05, 0) is 81.6 Å². The first-order valence-electron chi connectivity index (χ1n) is 11.6. The first-order chi connectivity index (χ1) is 14.8. The van der Waals surface area contributed by atoms with Gasteiger partial charge in [-0.15, -0.1) is 0 Å². The van der Waals surface area contributed by atoms with E-state index >= 15 is 0 Å². The van der Waals surface area contributed by atoms with Gasteiger partial charge in [-0.2, -0.15) is 0 Å². The lowest BCUT2D eigenvalue weighted by atomic mass is 9.46. The maximum atomic E-state index is 13.1. The number of carbonyl (C=O) groups excluding carboxylic acids is 2. The molecule has 0 aromatic rings. The van der Waals surface area contributed by atoms with Crippen LogP contribution < -0.4 is 5.32 Å². The molecular weight excluding hydrogens is 394 g/mol. The number of likely N-dealkylation sites (tertiary alicyclic amines) is 1. The van der Waals surface area contributed by atoms with Crippen molar-refractivity contribution in [1.29, 1.82) is 0 Å². The average molecular weight is 426 g/mol. The molecule has 166 valence electrons. The highest BCUT2D eigenvalue weighted by molar-refractivity contribution is 6.07. The number of likely N-dealkylation sites (N-methyl/N-ethyl adjacent to an activating group) is 1. The van der Waals surface area contributed by atoms with E-state index in [0.717, 1.165) is 37.4 Å². The molecule has 7 nitrogen and oxygen atoms in total. The summed E-state index contributed by atoms with van der Waals surface area (Å²) in [6.07, 6.45) is 11.7. The highest BCUT2D eigenvalue weighted by atomic mass is 16.3. The molecule has 0 unspecified atom stereocenters. The molecule has 4 atom stereocenters. The molecule has 2 saturated heterocycles. The molecule has 0 aromatic heterocycles. The summed E-state index contributed by atoms with van der Waals surface area (Å²) in [5, 5.41) is 25.1. The van der Waals surface area contributed by atoms with Crippen molar-refractivity contribution in [1.82, 2.24) is 15.1 Å². The highest BCUT2D eigenvalue weighted by Crippen LogP contribution is 2.65. The van der Waals surface area contributed by atoms with Crippen LogP contribution in [0.25, 0.3) is 0 Å². The topological polar surface area (TPSA) is 93.1 Å². The van der Waals surface area contributed by atoms with E-state index in [1.54, 1.807) is 18.0 Å². The van der Waals surface area contributed by atoms with Gasteiger partial charge in [0, 0.05) is 25.0 Å². The Hall–Kier alpha value is -2.12. The van der Waals surface area contributed by atoms with Gasteiger partial charge in [0.25, 0.3) is 5.91 Å². The zero-order valence-corrected chi connectivity index (χ0v) is 18.1. The summed E-state index contributed by atoms with van der Waals surface area (Å²) in [5.74, 6) is 0.750. The van der Waals surface area contributed by atoms with Gasteiger partial charge < -0.3 is 15.1 Å². The lowest BCUT2D eigenvalue weighted by Crippen LogP contribution is -2.74. The van der Waals surface area contributed by atoms with Gasteiger partial charge in [0.1, 0.15) is 11.3 Å². The summed E-state index contributed by atoms with van der Waals surface area (Å²) in [7, 11) is 1.71.